The van der Waals surface area contributed by atoms with E-state index >= 15 is 0 Å². The van der Waals surface area contributed by atoms with Crippen LogP contribution in [0.4, 0.5) is 19.1 Å². The van der Waals surface area contributed by atoms with Gasteiger partial charge < -0.3 is 15.7 Å². The lowest BCUT2D eigenvalue weighted by Crippen LogP contribution is -2.33. The van der Waals surface area contributed by atoms with Crippen molar-refractivity contribution in [2.75, 3.05) is 18.4 Å². The van der Waals surface area contributed by atoms with Crippen molar-refractivity contribution in [3.05, 3.63) is 18.0 Å². The number of alkyl halides is 3. The van der Waals surface area contributed by atoms with E-state index in [1.807, 2.05) is 0 Å². The topological polar surface area (TPSA) is 104 Å². The summed E-state index contributed by atoms with van der Waals surface area (Å²) in [6.45, 7) is 0.328. The highest BCUT2D eigenvalue weighted by molar-refractivity contribution is 5.80. The molecule has 7 nitrogen and oxygen atoms in total. The fraction of sp³-hybridized carbons (Fsp3) is 0.571. The second-order valence-corrected chi connectivity index (χ2v) is 5.53. The summed E-state index contributed by atoms with van der Waals surface area (Å²) in [7, 11) is 0. The van der Waals surface area contributed by atoms with E-state index in [4.69, 9.17) is 5.11 Å². The van der Waals surface area contributed by atoms with Gasteiger partial charge in [-0.25, -0.2) is 9.97 Å². The summed E-state index contributed by atoms with van der Waals surface area (Å²) >= 11 is 0. The van der Waals surface area contributed by atoms with Crippen LogP contribution in [0.25, 0.3) is 0 Å². The summed E-state index contributed by atoms with van der Waals surface area (Å²) in [5.74, 6) is -2.14. The van der Waals surface area contributed by atoms with Gasteiger partial charge in [0, 0.05) is 25.2 Å². The first-order valence-corrected chi connectivity index (χ1v) is 7.42. The van der Waals surface area contributed by atoms with Gasteiger partial charge in [0.15, 0.2) is 0 Å². The number of carboxylic acids is 1. The van der Waals surface area contributed by atoms with Crippen LogP contribution >= 0.6 is 0 Å². The summed E-state index contributed by atoms with van der Waals surface area (Å²) in [4.78, 5) is 29.8. The number of halogens is 3. The van der Waals surface area contributed by atoms with Crippen LogP contribution in [0.2, 0.25) is 0 Å². The second-order valence-electron chi connectivity index (χ2n) is 5.53. The summed E-state index contributed by atoms with van der Waals surface area (Å²) < 4.78 is 37.5. The van der Waals surface area contributed by atoms with Gasteiger partial charge in [0.1, 0.15) is 5.69 Å². The Morgan fingerprint density at radius 3 is 2.58 bits per heavy atom. The average Bonchev–Trinajstić information content (AvgIpc) is 3.01. The van der Waals surface area contributed by atoms with Crippen molar-refractivity contribution < 1.29 is 27.9 Å². The smallest absolute Gasteiger partial charge is 0.433 e. The molecule has 2 atom stereocenters. The molecule has 1 aromatic rings. The van der Waals surface area contributed by atoms with Crippen molar-refractivity contribution in [3.8, 4) is 0 Å². The van der Waals surface area contributed by atoms with E-state index in [0.717, 1.165) is 12.3 Å². The third-order valence-corrected chi connectivity index (χ3v) is 3.81. The van der Waals surface area contributed by atoms with Crippen molar-refractivity contribution >= 4 is 17.8 Å². The Bertz CT molecular complexity index is 609. The van der Waals surface area contributed by atoms with Crippen molar-refractivity contribution in [2.24, 2.45) is 11.8 Å². The number of nitrogens with zero attached hydrogens (tertiary/aromatic N) is 2. The maximum absolute atomic E-state index is 12.5. The number of amides is 1. The lowest BCUT2D eigenvalue weighted by molar-refractivity contribution is -0.142. The van der Waals surface area contributed by atoms with Crippen LogP contribution in [0.15, 0.2) is 12.3 Å². The predicted octanol–water partition coefficient (Wildman–Crippen LogP) is 1.52. The molecule has 0 saturated heterocycles. The molecule has 1 aliphatic rings. The molecule has 0 unspecified atom stereocenters. The Balaban J connectivity index is 1.73. The number of carboxylic acid groups (broad SMARTS) is 1. The minimum absolute atomic E-state index is 0.155. The van der Waals surface area contributed by atoms with Gasteiger partial charge in [-0.3, -0.25) is 9.59 Å². The van der Waals surface area contributed by atoms with Crippen molar-refractivity contribution in [1.29, 1.82) is 0 Å². The molecule has 132 valence electrons. The molecule has 24 heavy (non-hydrogen) atoms. The molecule has 1 saturated carbocycles. The normalized spacial score (nSPS) is 20.6. The van der Waals surface area contributed by atoms with Gasteiger partial charge in [-0.1, -0.05) is 0 Å². The van der Waals surface area contributed by atoms with Crippen LogP contribution in [0.3, 0.4) is 0 Å². The lowest BCUT2D eigenvalue weighted by atomic mass is 10.0. The first-order chi connectivity index (χ1) is 11.3. The van der Waals surface area contributed by atoms with E-state index in [9.17, 15) is 22.8 Å². The van der Waals surface area contributed by atoms with Gasteiger partial charge in [0.2, 0.25) is 11.9 Å². The van der Waals surface area contributed by atoms with Crippen LogP contribution in [-0.4, -0.2) is 40.0 Å². The molecule has 2 rings (SSSR count). The molecule has 0 aromatic carbocycles. The van der Waals surface area contributed by atoms with E-state index in [-0.39, 0.29) is 30.9 Å². The van der Waals surface area contributed by atoms with Gasteiger partial charge in [-0.15, -0.1) is 0 Å². The first kappa shape index (κ1) is 18.0. The Morgan fingerprint density at radius 1 is 1.25 bits per heavy atom. The van der Waals surface area contributed by atoms with E-state index in [2.05, 4.69) is 20.6 Å². The second kappa shape index (κ2) is 7.45. The number of carbonyl (C=O) groups excluding carboxylic acids is 1. The van der Waals surface area contributed by atoms with Gasteiger partial charge in [-0.05, 0) is 25.3 Å². The zero-order chi connectivity index (χ0) is 17.7. The maximum atomic E-state index is 12.5. The summed E-state index contributed by atoms with van der Waals surface area (Å²) in [6.07, 6.45) is -2.24. The summed E-state index contributed by atoms with van der Waals surface area (Å²) in [5.41, 5.74) is -1.05. The molecule has 1 aliphatic carbocycles. The molecule has 1 amide bonds. The van der Waals surface area contributed by atoms with Crippen LogP contribution in [0.1, 0.15) is 25.0 Å². The Kier molecular flexibility index (Phi) is 5.58. The van der Waals surface area contributed by atoms with Gasteiger partial charge >= 0.3 is 12.1 Å². The van der Waals surface area contributed by atoms with Crippen molar-refractivity contribution in [1.82, 2.24) is 15.3 Å². The lowest BCUT2D eigenvalue weighted by Gasteiger charge is -2.12. The van der Waals surface area contributed by atoms with Crippen LogP contribution in [0, 0.1) is 11.8 Å². The van der Waals surface area contributed by atoms with Gasteiger partial charge in [0.05, 0.1) is 5.92 Å². The molecule has 1 fully saturated rings. The zero-order valence-electron chi connectivity index (χ0n) is 12.6. The molecule has 1 aromatic heterocycles. The first-order valence-electron chi connectivity index (χ1n) is 7.42. The number of nitrogens with one attached hydrogen (secondary N) is 2. The SMILES string of the molecule is O=C(O)[C@@H]1CC[C@H](C(=O)NCCNc2nccc(C(F)(F)F)n2)C1. The molecule has 0 bridgehead atoms. The average molecular weight is 346 g/mol. The van der Waals surface area contributed by atoms with Crippen LogP contribution in [-0.2, 0) is 15.8 Å². The number of aromatic nitrogens is 2. The van der Waals surface area contributed by atoms with Crippen LogP contribution in [0.5, 0.6) is 0 Å². The molecule has 0 spiro atoms. The molecule has 0 aliphatic heterocycles. The molecular formula is C14H17F3N4O3. The molecule has 0 radical (unpaired) electrons. The third kappa shape index (κ3) is 4.80. The number of hydrogen-bond acceptors (Lipinski definition) is 5. The minimum Gasteiger partial charge on any atom is -0.481 e. The van der Waals surface area contributed by atoms with Crippen LogP contribution < -0.4 is 10.6 Å². The van der Waals surface area contributed by atoms with E-state index in [1.54, 1.807) is 0 Å². The highest BCUT2D eigenvalue weighted by Crippen LogP contribution is 2.31. The van der Waals surface area contributed by atoms with Crippen molar-refractivity contribution in [2.45, 2.75) is 25.4 Å². The standard InChI is InChI=1S/C14H17F3N4O3/c15-14(16,17)10-3-4-19-13(21-10)20-6-5-18-11(22)8-1-2-9(7-8)12(23)24/h3-4,8-9H,1-2,5-7H2,(H,18,22)(H,23,24)(H,19,20,21)/t8-,9+/m0/s1. The Labute approximate surface area is 135 Å². The third-order valence-electron chi connectivity index (χ3n) is 3.81. The highest BCUT2D eigenvalue weighted by Gasteiger charge is 2.34. The zero-order valence-corrected chi connectivity index (χ0v) is 12.6. The largest absolute Gasteiger partial charge is 0.481 e. The monoisotopic (exact) mass is 346 g/mol. The molecule has 1 heterocycles. The van der Waals surface area contributed by atoms with E-state index in [0.29, 0.717) is 19.3 Å². The maximum Gasteiger partial charge on any atom is 0.433 e. The fourth-order valence-electron chi connectivity index (χ4n) is 2.55. The number of rotatable bonds is 6. The van der Waals surface area contributed by atoms with Crippen molar-refractivity contribution in [3.63, 3.8) is 0 Å². The van der Waals surface area contributed by atoms with E-state index in [1.165, 1.54) is 0 Å². The summed E-state index contributed by atoms with van der Waals surface area (Å²) in [6, 6.07) is 0.770. The number of anilines is 1. The number of carbonyl (C=O) groups is 2. The minimum atomic E-state index is -4.54. The van der Waals surface area contributed by atoms with E-state index < -0.39 is 23.8 Å². The molecular weight excluding hydrogens is 329 g/mol. The van der Waals surface area contributed by atoms with Gasteiger partial charge in [0.25, 0.3) is 0 Å². The Hall–Kier alpha value is -2.39. The number of hydrogen-bond donors (Lipinski definition) is 3. The Morgan fingerprint density at radius 2 is 1.96 bits per heavy atom. The van der Waals surface area contributed by atoms with Gasteiger partial charge in [-0.2, -0.15) is 13.2 Å². The quantitative estimate of drug-likeness (QED) is 0.675. The highest BCUT2D eigenvalue weighted by atomic mass is 19.4. The molecule has 3 N–H and O–H groups in total. The predicted molar refractivity (Wildman–Crippen MR) is 77.0 cm³/mol. The fourth-order valence-corrected chi connectivity index (χ4v) is 2.55. The summed E-state index contributed by atoms with van der Waals surface area (Å²) in [5, 5.41) is 14.1. The number of aliphatic carboxylic acids is 1. The molecule has 10 heteroatoms.